The van der Waals surface area contributed by atoms with Crippen LogP contribution >= 0.6 is 0 Å². The zero-order valence-corrected chi connectivity index (χ0v) is 29.5. The van der Waals surface area contributed by atoms with Crippen molar-refractivity contribution in [3.8, 4) is 11.5 Å². The van der Waals surface area contributed by atoms with Gasteiger partial charge in [0.05, 0.1) is 6.10 Å². The van der Waals surface area contributed by atoms with Crippen LogP contribution in [0.1, 0.15) is 154 Å². The maximum Gasteiger partial charge on any atom is 0.446 e. The predicted octanol–water partition coefficient (Wildman–Crippen LogP) is 8.10. The van der Waals surface area contributed by atoms with Gasteiger partial charge in [0.25, 0.3) is 0 Å². The van der Waals surface area contributed by atoms with Crippen molar-refractivity contribution in [2.75, 3.05) is 0 Å². The number of ether oxygens (including phenoxy) is 1. The minimum atomic E-state index is -4.81. The number of carbonyl (C=O) groups excluding carboxylic acids is 1. The van der Waals surface area contributed by atoms with Crippen molar-refractivity contribution in [2.24, 2.45) is 0 Å². The van der Waals surface area contributed by atoms with Crippen LogP contribution in [0.25, 0.3) is 0 Å². The Morgan fingerprint density at radius 3 is 1.43 bits per heavy atom. The van der Waals surface area contributed by atoms with E-state index in [0.29, 0.717) is 18.4 Å². The summed E-state index contributed by atoms with van der Waals surface area (Å²) < 4.78 is 76.2. The Kier molecular flexibility index (Phi) is 22.2. The average molecular weight is 695 g/mol. The largest absolute Gasteiger partial charge is 0.460 e. The van der Waals surface area contributed by atoms with Crippen LogP contribution in [0.4, 0.5) is 0 Å². The molecule has 0 amide bonds. The van der Waals surface area contributed by atoms with Crippen molar-refractivity contribution < 1.29 is 48.9 Å². The number of aliphatic hydroxyl groups excluding tert-OH is 1. The number of carbonyl (C=O) groups is 1. The second-order valence-corrected chi connectivity index (χ2v) is 14.3. The molecule has 1 aromatic rings. The molecule has 0 saturated heterocycles. The highest BCUT2D eigenvalue weighted by atomic mass is 32.3. The molecule has 268 valence electrons. The highest BCUT2D eigenvalue weighted by Gasteiger charge is 2.21. The summed E-state index contributed by atoms with van der Waals surface area (Å²) in [5.41, 5.74) is 0.546. The molecular weight excluding hydrogens is 636 g/mol. The summed E-state index contributed by atoms with van der Waals surface area (Å²) in [6.07, 6.45) is 22.1. The lowest BCUT2D eigenvalue weighted by Crippen LogP contribution is -2.30. The van der Waals surface area contributed by atoms with Gasteiger partial charge in [-0.2, -0.15) is 16.8 Å². The molecule has 0 fully saturated rings. The minimum absolute atomic E-state index is 0.319. The molecule has 11 nitrogen and oxygen atoms in total. The van der Waals surface area contributed by atoms with Gasteiger partial charge in [-0.15, -0.1) is 0 Å². The fourth-order valence-electron chi connectivity index (χ4n) is 5.60. The van der Waals surface area contributed by atoms with Gasteiger partial charge in [0.1, 0.15) is 17.6 Å². The summed E-state index contributed by atoms with van der Waals surface area (Å²) in [7, 11) is -9.61. The quantitative estimate of drug-likeness (QED) is 0.0420. The third-order valence-electron chi connectivity index (χ3n) is 7.90. The fraction of sp³-hybridized carbons (Fsp3) is 0.788. The maximum atomic E-state index is 11.5. The lowest BCUT2D eigenvalue weighted by atomic mass is 9.99. The molecule has 0 aliphatic carbocycles. The first-order valence-electron chi connectivity index (χ1n) is 17.1. The highest BCUT2D eigenvalue weighted by Crippen LogP contribution is 2.26. The van der Waals surface area contributed by atoms with E-state index in [9.17, 15) is 26.7 Å². The van der Waals surface area contributed by atoms with Gasteiger partial charge in [-0.3, -0.25) is 13.9 Å². The molecule has 0 heterocycles. The normalized spacial score (nSPS) is 13.3. The van der Waals surface area contributed by atoms with Crippen LogP contribution in [0, 0.1) is 0 Å². The molecule has 3 N–H and O–H groups in total. The van der Waals surface area contributed by atoms with E-state index in [1.165, 1.54) is 76.8 Å². The smallest absolute Gasteiger partial charge is 0.446 e. The first-order chi connectivity index (χ1) is 21.8. The third kappa shape index (κ3) is 24.3. The Hall–Kier alpha value is -1.93. The second-order valence-electron chi connectivity index (χ2n) is 12.2. The number of benzene rings is 1. The van der Waals surface area contributed by atoms with E-state index in [1.807, 2.05) is 0 Å². The molecule has 0 spiro atoms. The second kappa shape index (κ2) is 24.2. The molecule has 0 unspecified atom stereocenters. The Balaban J connectivity index is 2.13. The third-order valence-corrected chi connectivity index (χ3v) is 8.70. The van der Waals surface area contributed by atoms with Gasteiger partial charge in [-0.25, -0.2) is 0 Å². The van der Waals surface area contributed by atoms with Crippen molar-refractivity contribution in [1.82, 2.24) is 0 Å². The number of rotatable bonds is 29. The zero-order valence-electron chi connectivity index (χ0n) is 27.9. The molecular formula is C33H58O11S2. The van der Waals surface area contributed by atoms with Gasteiger partial charge >= 0.3 is 26.8 Å². The standard InChI is InChI=1S/C33H58O11S2/c1-3-4-5-6-17-20-23-32(35)33(42-28(2)34)24-21-18-15-13-11-9-7-8-10-12-14-16-19-22-29-25-30(43-45(36,37)38)27-31(26-29)44-46(39,40)41/h25-27,32-33,35H,3-24H2,1-2H3,(H,36,37,38)(H,39,40,41)/t32-,33+/m0/s1. The summed E-state index contributed by atoms with van der Waals surface area (Å²) in [4.78, 5) is 11.5. The molecule has 0 saturated carbocycles. The molecule has 13 heteroatoms. The molecule has 1 aromatic carbocycles. The van der Waals surface area contributed by atoms with E-state index in [1.54, 1.807) is 0 Å². The first-order valence-corrected chi connectivity index (χ1v) is 19.8. The molecule has 0 aliphatic rings. The van der Waals surface area contributed by atoms with Crippen LogP contribution in [0.15, 0.2) is 18.2 Å². The maximum absolute atomic E-state index is 11.5. The topological polar surface area (TPSA) is 174 Å². The van der Waals surface area contributed by atoms with Crippen molar-refractivity contribution in [3.05, 3.63) is 23.8 Å². The molecule has 1 rings (SSSR count). The van der Waals surface area contributed by atoms with E-state index in [0.717, 1.165) is 76.7 Å². The minimum Gasteiger partial charge on any atom is -0.460 e. The van der Waals surface area contributed by atoms with E-state index in [2.05, 4.69) is 15.3 Å². The number of aryl methyl sites for hydroxylation is 1. The molecule has 0 aromatic heterocycles. The SMILES string of the molecule is CCCCCCCC[C@H](O)[C@@H](CCCCCCCCCCCCCCCc1cc(OS(=O)(=O)O)cc(OS(=O)(=O)O)c1)OC(C)=O. The molecule has 2 atom stereocenters. The van der Waals surface area contributed by atoms with E-state index in [4.69, 9.17) is 13.8 Å². The fourth-order valence-corrected chi connectivity index (χ4v) is 6.28. The summed E-state index contributed by atoms with van der Waals surface area (Å²) in [5.74, 6) is -0.963. The van der Waals surface area contributed by atoms with E-state index < -0.39 is 33.0 Å². The lowest BCUT2D eigenvalue weighted by Gasteiger charge is -2.22. The van der Waals surface area contributed by atoms with Crippen LogP contribution in [-0.4, -0.2) is 49.2 Å². The Bertz CT molecular complexity index is 1120. The molecule has 0 bridgehead atoms. The van der Waals surface area contributed by atoms with Crippen molar-refractivity contribution in [3.63, 3.8) is 0 Å². The molecule has 0 aliphatic heterocycles. The summed E-state index contributed by atoms with van der Waals surface area (Å²) in [6.45, 7) is 3.61. The van der Waals surface area contributed by atoms with Crippen LogP contribution in [0.2, 0.25) is 0 Å². The van der Waals surface area contributed by atoms with Gasteiger partial charge in [0.15, 0.2) is 0 Å². The van der Waals surface area contributed by atoms with Gasteiger partial charge < -0.3 is 18.2 Å². The van der Waals surface area contributed by atoms with Crippen molar-refractivity contribution >= 4 is 26.8 Å². The number of hydrogen-bond donors (Lipinski definition) is 3. The zero-order chi connectivity index (χ0) is 34.3. The van der Waals surface area contributed by atoms with Gasteiger partial charge in [-0.05, 0) is 49.8 Å². The molecule has 46 heavy (non-hydrogen) atoms. The van der Waals surface area contributed by atoms with Crippen LogP contribution in [-0.2, 0) is 36.8 Å². The predicted molar refractivity (Wildman–Crippen MR) is 179 cm³/mol. The number of hydrogen-bond acceptors (Lipinski definition) is 9. The van der Waals surface area contributed by atoms with Gasteiger partial charge in [0, 0.05) is 13.0 Å². The van der Waals surface area contributed by atoms with Crippen molar-refractivity contribution in [2.45, 2.75) is 167 Å². The van der Waals surface area contributed by atoms with Crippen molar-refractivity contribution in [1.29, 1.82) is 0 Å². The summed E-state index contributed by atoms with van der Waals surface area (Å²) >= 11 is 0. The Morgan fingerprint density at radius 2 is 1.02 bits per heavy atom. The number of unbranched alkanes of at least 4 members (excludes halogenated alkanes) is 17. The monoisotopic (exact) mass is 694 g/mol. The average Bonchev–Trinajstić information content (AvgIpc) is 2.94. The first kappa shape index (κ1) is 42.1. The summed E-state index contributed by atoms with van der Waals surface area (Å²) in [6, 6.07) is 3.68. The van der Waals surface area contributed by atoms with Crippen LogP contribution in [0.3, 0.4) is 0 Å². The summed E-state index contributed by atoms with van der Waals surface area (Å²) in [5, 5.41) is 10.6. The molecule has 0 radical (unpaired) electrons. The Morgan fingerprint density at radius 1 is 0.630 bits per heavy atom. The van der Waals surface area contributed by atoms with Gasteiger partial charge in [0.2, 0.25) is 0 Å². The lowest BCUT2D eigenvalue weighted by molar-refractivity contribution is -0.153. The van der Waals surface area contributed by atoms with Gasteiger partial charge in [-0.1, -0.05) is 116 Å². The number of esters is 1. The highest BCUT2D eigenvalue weighted by molar-refractivity contribution is 7.81. The van der Waals surface area contributed by atoms with Crippen LogP contribution < -0.4 is 8.37 Å². The number of aliphatic hydroxyl groups is 1. The van der Waals surface area contributed by atoms with Crippen LogP contribution in [0.5, 0.6) is 11.5 Å². The Labute approximate surface area is 277 Å². The van der Waals surface area contributed by atoms with E-state index >= 15 is 0 Å². The van der Waals surface area contributed by atoms with E-state index in [-0.39, 0.29) is 17.5 Å².